The average Bonchev–Trinajstić information content (AvgIpc) is 2.69. The van der Waals surface area contributed by atoms with Gasteiger partial charge in [0.1, 0.15) is 0 Å². The van der Waals surface area contributed by atoms with Crippen LogP contribution in [0.4, 0.5) is 11.6 Å². The first-order valence-corrected chi connectivity index (χ1v) is 5.97. The number of H-pyrrole nitrogens is 1. The maximum Gasteiger partial charge on any atom is 0.203 e. The molecular weight excluding hydrogens is 212 g/mol. The molecule has 1 atom stereocenters. The van der Waals surface area contributed by atoms with Crippen molar-refractivity contribution in [2.75, 3.05) is 17.7 Å². The number of nitrogens with zero attached hydrogens (tertiary/aromatic N) is 2. The molecule has 4 heteroatoms. The van der Waals surface area contributed by atoms with E-state index in [0.717, 1.165) is 22.7 Å². The number of nitrogen functional groups attached to an aromatic ring is 1. The maximum absolute atomic E-state index is 5.76. The van der Waals surface area contributed by atoms with Crippen molar-refractivity contribution in [2.24, 2.45) is 5.92 Å². The smallest absolute Gasteiger partial charge is 0.203 e. The summed E-state index contributed by atoms with van der Waals surface area (Å²) in [5, 5.41) is 0. The van der Waals surface area contributed by atoms with Gasteiger partial charge in [-0.15, -0.1) is 0 Å². The second kappa shape index (κ2) is 4.28. The molecule has 0 aliphatic rings. The van der Waals surface area contributed by atoms with Crippen LogP contribution in [0, 0.1) is 5.92 Å². The van der Waals surface area contributed by atoms with E-state index < -0.39 is 0 Å². The lowest BCUT2D eigenvalue weighted by atomic mass is 10.1. The summed E-state index contributed by atoms with van der Waals surface area (Å²) >= 11 is 0. The summed E-state index contributed by atoms with van der Waals surface area (Å²) in [5.41, 5.74) is 8.46. The molecule has 2 aromatic rings. The first kappa shape index (κ1) is 11.8. The van der Waals surface area contributed by atoms with Gasteiger partial charge in [0.2, 0.25) is 5.95 Å². The molecule has 0 bridgehead atoms. The molecule has 0 aliphatic heterocycles. The Morgan fingerprint density at radius 3 is 2.65 bits per heavy atom. The van der Waals surface area contributed by atoms with Gasteiger partial charge in [-0.2, -0.15) is 0 Å². The lowest BCUT2D eigenvalue weighted by Crippen LogP contribution is -2.33. The minimum Gasteiger partial charge on any atom is -0.399 e. The Kier molecular flexibility index (Phi) is 2.96. The van der Waals surface area contributed by atoms with E-state index >= 15 is 0 Å². The maximum atomic E-state index is 5.76. The van der Waals surface area contributed by atoms with Crippen molar-refractivity contribution in [3.05, 3.63) is 18.2 Å². The summed E-state index contributed by atoms with van der Waals surface area (Å²) in [6, 6.07) is 6.17. The van der Waals surface area contributed by atoms with Crippen molar-refractivity contribution in [3.8, 4) is 0 Å². The molecule has 0 saturated heterocycles. The van der Waals surface area contributed by atoms with E-state index in [1.807, 2.05) is 18.2 Å². The molecule has 1 unspecified atom stereocenters. The van der Waals surface area contributed by atoms with Gasteiger partial charge in [0.25, 0.3) is 0 Å². The molecule has 92 valence electrons. The third-order valence-electron chi connectivity index (χ3n) is 3.40. The molecule has 0 amide bonds. The molecule has 1 aromatic carbocycles. The summed E-state index contributed by atoms with van der Waals surface area (Å²) in [6.07, 6.45) is 0. The van der Waals surface area contributed by atoms with E-state index in [-0.39, 0.29) is 0 Å². The first-order valence-electron chi connectivity index (χ1n) is 5.97. The fourth-order valence-corrected chi connectivity index (χ4v) is 1.82. The zero-order valence-corrected chi connectivity index (χ0v) is 10.9. The summed E-state index contributed by atoms with van der Waals surface area (Å²) in [4.78, 5) is 10.0. The summed E-state index contributed by atoms with van der Waals surface area (Å²) in [5.74, 6) is 1.48. The fourth-order valence-electron chi connectivity index (χ4n) is 1.82. The van der Waals surface area contributed by atoms with Gasteiger partial charge in [0.05, 0.1) is 11.0 Å². The third-order valence-corrected chi connectivity index (χ3v) is 3.40. The van der Waals surface area contributed by atoms with Gasteiger partial charge in [-0.1, -0.05) is 13.8 Å². The van der Waals surface area contributed by atoms with Crippen LogP contribution in [-0.4, -0.2) is 23.1 Å². The molecule has 1 aromatic heterocycles. The highest BCUT2D eigenvalue weighted by molar-refractivity contribution is 5.80. The number of aromatic amines is 1. The molecule has 0 fully saturated rings. The van der Waals surface area contributed by atoms with Crippen molar-refractivity contribution in [3.63, 3.8) is 0 Å². The van der Waals surface area contributed by atoms with E-state index in [1.165, 1.54) is 0 Å². The van der Waals surface area contributed by atoms with E-state index in [2.05, 4.69) is 42.7 Å². The number of aromatic nitrogens is 2. The number of anilines is 2. The number of hydrogen-bond donors (Lipinski definition) is 2. The topological polar surface area (TPSA) is 57.9 Å². The standard InChI is InChI=1S/C13H20N4/c1-8(2)9(3)17(4)13-15-11-6-5-10(14)7-12(11)16-13/h5-9H,14H2,1-4H3,(H,15,16). The minimum atomic E-state index is 0.438. The zero-order valence-electron chi connectivity index (χ0n) is 10.9. The number of imidazole rings is 1. The summed E-state index contributed by atoms with van der Waals surface area (Å²) in [7, 11) is 2.06. The Hall–Kier alpha value is -1.71. The van der Waals surface area contributed by atoms with Gasteiger partial charge in [0, 0.05) is 18.8 Å². The zero-order chi connectivity index (χ0) is 12.6. The molecule has 3 N–H and O–H groups in total. The molecule has 0 radical (unpaired) electrons. The number of nitrogens with two attached hydrogens (primary N) is 1. The van der Waals surface area contributed by atoms with Crippen LogP contribution in [0.3, 0.4) is 0 Å². The quantitative estimate of drug-likeness (QED) is 0.800. The predicted octanol–water partition coefficient (Wildman–Crippen LogP) is 2.63. The van der Waals surface area contributed by atoms with Gasteiger partial charge in [-0.25, -0.2) is 4.98 Å². The van der Waals surface area contributed by atoms with Crippen LogP contribution in [0.15, 0.2) is 18.2 Å². The summed E-state index contributed by atoms with van der Waals surface area (Å²) in [6.45, 7) is 6.62. The second-order valence-electron chi connectivity index (χ2n) is 4.93. The van der Waals surface area contributed by atoms with E-state index in [1.54, 1.807) is 0 Å². The lowest BCUT2D eigenvalue weighted by molar-refractivity contribution is 0.500. The number of fused-ring (bicyclic) bond motifs is 1. The molecule has 0 spiro atoms. The van der Waals surface area contributed by atoms with Crippen LogP contribution in [0.2, 0.25) is 0 Å². The van der Waals surface area contributed by atoms with Gasteiger partial charge < -0.3 is 15.6 Å². The van der Waals surface area contributed by atoms with Crippen LogP contribution < -0.4 is 10.6 Å². The van der Waals surface area contributed by atoms with Crippen LogP contribution in [0.25, 0.3) is 11.0 Å². The highest BCUT2D eigenvalue weighted by Gasteiger charge is 2.16. The van der Waals surface area contributed by atoms with Crippen molar-refractivity contribution >= 4 is 22.7 Å². The largest absolute Gasteiger partial charge is 0.399 e. The Morgan fingerprint density at radius 2 is 2.00 bits per heavy atom. The van der Waals surface area contributed by atoms with Crippen LogP contribution in [0.1, 0.15) is 20.8 Å². The third kappa shape index (κ3) is 2.20. The van der Waals surface area contributed by atoms with Crippen LogP contribution in [0.5, 0.6) is 0 Å². The highest BCUT2D eigenvalue weighted by Crippen LogP contribution is 2.21. The van der Waals surface area contributed by atoms with Gasteiger partial charge >= 0.3 is 0 Å². The van der Waals surface area contributed by atoms with E-state index in [0.29, 0.717) is 12.0 Å². The second-order valence-corrected chi connectivity index (χ2v) is 4.93. The lowest BCUT2D eigenvalue weighted by Gasteiger charge is -2.27. The number of rotatable bonds is 3. The highest BCUT2D eigenvalue weighted by atomic mass is 15.3. The van der Waals surface area contributed by atoms with Gasteiger partial charge in [0.15, 0.2) is 0 Å². The van der Waals surface area contributed by atoms with E-state index in [4.69, 9.17) is 5.73 Å². The summed E-state index contributed by atoms with van der Waals surface area (Å²) < 4.78 is 0. The molecule has 17 heavy (non-hydrogen) atoms. The first-order chi connectivity index (χ1) is 7.99. The van der Waals surface area contributed by atoms with Crippen molar-refractivity contribution in [2.45, 2.75) is 26.8 Å². The molecule has 1 heterocycles. The normalized spacial score (nSPS) is 13.2. The molecule has 0 saturated carbocycles. The van der Waals surface area contributed by atoms with Gasteiger partial charge in [-0.05, 0) is 31.0 Å². The SMILES string of the molecule is CC(C)C(C)N(C)c1nc2ccc(N)cc2[nH]1. The van der Waals surface area contributed by atoms with Gasteiger partial charge in [-0.3, -0.25) is 0 Å². The van der Waals surface area contributed by atoms with Crippen LogP contribution in [-0.2, 0) is 0 Å². The monoisotopic (exact) mass is 232 g/mol. The van der Waals surface area contributed by atoms with E-state index in [9.17, 15) is 0 Å². The Labute approximate surface area is 102 Å². The van der Waals surface area contributed by atoms with Crippen LogP contribution >= 0.6 is 0 Å². The Morgan fingerprint density at radius 1 is 1.29 bits per heavy atom. The minimum absolute atomic E-state index is 0.438. The number of hydrogen-bond acceptors (Lipinski definition) is 3. The molecule has 4 nitrogen and oxygen atoms in total. The van der Waals surface area contributed by atoms with Crippen molar-refractivity contribution < 1.29 is 0 Å². The predicted molar refractivity (Wildman–Crippen MR) is 73.2 cm³/mol. The molecular formula is C13H20N4. The van der Waals surface area contributed by atoms with Crippen molar-refractivity contribution in [1.82, 2.24) is 9.97 Å². The molecule has 2 rings (SSSR count). The Balaban J connectivity index is 2.36. The number of nitrogens with one attached hydrogen (secondary N) is 1. The fraction of sp³-hybridized carbons (Fsp3) is 0.462. The number of benzene rings is 1. The Bertz CT molecular complexity index is 515. The van der Waals surface area contributed by atoms with Crippen molar-refractivity contribution in [1.29, 1.82) is 0 Å². The molecule has 0 aliphatic carbocycles. The average molecular weight is 232 g/mol.